The van der Waals surface area contributed by atoms with Crippen LogP contribution in [0.25, 0.3) is 0 Å². The van der Waals surface area contributed by atoms with E-state index in [-0.39, 0.29) is 5.12 Å². The quantitative estimate of drug-likeness (QED) is 0.567. The first-order valence-electron chi connectivity index (χ1n) is 2.83. The standard InChI is InChI=1S/C8H8OS/c1-3-5-6-8(9)10-7-4-2/h1-2H,5-7H2. The lowest BCUT2D eigenvalue weighted by molar-refractivity contribution is -0.110. The zero-order valence-electron chi connectivity index (χ0n) is 5.59. The van der Waals surface area contributed by atoms with Crippen molar-refractivity contribution in [2.45, 2.75) is 12.8 Å². The summed E-state index contributed by atoms with van der Waals surface area (Å²) in [6.07, 6.45) is 10.8. The van der Waals surface area contributed by atoms with Crippen LogP contribution >= 0.6 is 11.8 Å². The maximum atomic E-state index is 10.7. The lowest BCUT2D eigenvalue weighted by Crippen LogP contribution is -1.90. The predicted octanol–water partition coefficient (Wildman–Crippen LogP) is 1.29. The van der Waals surface area contributed by atoms with Crippen molar-refractivity contribution >= 4 is 16.9 Å². The fraction of sp³-hybridized carbons (Fsp3) is 0.375. The molecule has 0 N–H and O–H groups in total. The van der Waals surface area contributed by atoms with Crippen molar-refractivity contribution in [2.75, 3.05) is 5.75 Å². The molecule has 2 heteroatoms. The Kier molecular flexibility index (Phi) is 5.72. The van der Waals surface area contributed by atoms with Crippen LogP contribution in [0.15, 0.2) is 0 Å². The first kappa shape index (κ1) is 9.14. The van der Waals surface area contributed by atoms with Crippen LogP contribution in [-0.4, -0.2) is 10.9 Å². The molecule has 0 spiro atoms. The van der Waals surface area contributed by atoms with E-state index in [4.69, 9.17) is 12.8 Å². The van der Waals surface area contributed by atoms with Gasteiger partial charge in [-0.05, 0) is 0 Å². The Morgan fingerprint density at radius 1 is 1.40 bits per heavy atom. The predicted molar refractivity (Wildman–Crippen MR) is 44.4 cm³/mol. The van der Waals surface area contributed by atoms with E-state index in [2.05, 4.69) is 11.8 Å². The number of hydrogen-bond donors (Lipinski definition) is 0. The molecule has 52 valence electrons. The van der Waals surface area contributed by atoms with Crippen LogP contribution in [0.3, 0.4) is 0 Å². The highest BCUT2D eigenvalue weighted by atomic mass is 32.2. The number of carbonyl (C=O) groups excluding carboxylic acids is 1. The fourth-order valence-electron chi connectivity index (χ4n) is 0.369. The second kappa shape index (κ2) is 6.26. The molecule has 0 unspecified atom stereocenters. The number of hydrogen-bond acceptors (Lipinski definition) is 2. The number of thioether (sulfide) groups is 1. The van der Waals surface area contributed by atoms with Crippen LogP contribution in [0.4, 0.5) is 0 Å². The molecule has 0 aliphatic heterocycles. The van der Waals surface area contributed by atoms with Crippen LogP contribution in [0.2, 0.25) is 0 Å². The monoisotopic (exact) mass is 152 g/mol. The van der Waals surface area contributed by atoms with Gasteiger partial charge < -0.3 is 0 Å². The minimum atomic E-state index is 0.0795. The highest BCUT2D eigenvalue weighted by Gasteiger charge is 1.97. The van der Waals surface area contributed by atoms with Gasteiger partial charge in [0.15, 0.2) is 5.12 Å². The summed E-state index contributed by atoms with van der Waals surface area (Å²) in [5.74, 6) is 5.20. The third-order valence-electron chi connectivity index (χ3n) is 0.790. The molecule has 0 heterocycles. The second-order valence-corrected chi connectivity index (χ2v) is 2.60. The van der Waals surface area contributed by atoms with Gasteiger partial charge in [-0.15, -0.1) is 18.8 Å². The summed E-state index contributed by atoms with van der Waals surface area (Å²) in [5.41, 5.74) is 0. The molecule has 0 rings (SSSR count). The van der Waals surface area contributed by atoms with Crippen molar-refractivity contribution in [2.24, 2.45) is 0 Å². The highest BCUT2D eigenvalue weighted by Crippen LogP contribution is 2.05. The van der Waals surface area contributed by atoms with Crippen molar-refractivity contribution in [3.05, 3.63) is 0 Å². The van der Waals surface area contributed by atoms with Crippen LogP contribution in [0.1, 0.15) is 12.8 Å². The zero-order chi connectivity index (χ0) is 7.82. The molecular formula is C8H8OS. The molecule has 0 radical (unpaired) electrons. The molecule has 0 amide bonds. The summed E-state index contributed by atoms with van der Waals surface area (Å²) in [6, 6.07) is 0. The van der Waals surface area contributed by atoms with E-state index in [1.807, 2.05) is 0 Å². The van der Waals surface area contributed by atoms with E-state index < -0.39 is 0 Å². The Morgan fingerprint density at radius 2 is 2.10 bits per heavy atom. The SMILES string of the molecule is C#CCCC(=O)SCC#C. The molecule has 0 aromatic heterocycles. The molecule has 0 aromatic rings. The second-order valence-electron chi connectivity index (χ2n) is 1.57. The highest BCUT2D eigenvalue weighted by molar-refractivity contribution is 8.13. The molecule has 0 aromatic carbocycles. The number of terminal acetylenes is 2. The normalized spacial score (nSPS) is 7.80. The topological polar surface area (TPSA) is 17.1 Å². The first-order chi connectivity index (χ1) is 4.81. The Labute approximate surface area is 65.6 Å². The molecule has 0 aliphatic carbocycles. The zero-order valence-corrected chi connectivity index (χ0v) is 6.41. The Balaban J connectivity index is 3.30. The van der Waals surface area contributed by atoms with Gasteiger partial charge in [-0.3, -0.25) is 4.79 Å². The van der Waals surface area contributed by atoms with Gasteiger partial charge in [0.2, 0.25) is 0 Å². The maximum absolute atomic E-state index is 10.7. The minimum Gasteiger partial charge on any atom is -0.287 e. The molecular weight excluding hydrogens is 144 g/mol. The van der Waals surface area contributed by atoms with Crippen LogP contribution in [-0.2, 0) is 4.79 Å². The summed E-state index contributed by atoms with van der Waals surface area (Å²) in [5, 5.41) is 0.0795. The lowest BCUT2D eigenvalue weighted by Gasteiger charge is -1.90. The van der Waals surface area contributed by atoms with Crippen molar-refractivity contribution < 1.29 is 4.79 Å². The lowest BCUT2D eigenvalue weighted by atomic mass is 10.3. The third kappa shape index (κ3) is 5.28. The Morgan fingerprint density at radius 3 is 2.60 bits per heavy atom. The summed E-state index contributed by atoms with van der Waals surface area (Å²) >= 11 is 1.15. The van der Waals surface area contributed by atoms with Crippen LogP contribution in [0.5, 0.6) is 0 Å². The van der Waals surface area contributed by atoms with Gasteiger partial charge in [0.25, 0.3) is 0 Å². The van der Waals surface area contributed by atoms with Gasteiger partial charge in [0, 0.05) is 12.8 Å². The van der Waals surface area contributed by atoms with Gasteiger partial charge >= 0.3 is 0 Å². The molecule has 0 saturated carbocycles. The van der Waals surface area contributed by atoms with E-state index in [0.717, 1.165) is 11.8 Å². The van der Waals surface area contributed by atoms with E-state index in [1.165, 1.54) is 0 Å². The summed E-state index contributed by atoms with van der Waals surface area (Å²) in [4.78, 5) is 10.7. The smallest absolute Gasteiger partial charge is 0.190 e. The first-order valence-corrected chi connectivity index (χ1v) is 3.82. The number of rotatable bonds is 3. The van der Waals surface area contributed by atoms with E-state index in [1.54, 1.807) is 0 Å². The van der Waals surface area contributed by atoms with Gasteiger partial charge in [-0.2, -0.15) is 0 Å². The van der Waals surface area contributed by atoms with E-state index in [0.29, 0.717) is 18.6 Å². The Hall–Kier alpha value is -0.860. The minimum absolute atomic E-state index is 0.0795. The molecule has 10 heavy (non-hydrogen) atoms. The maximum Gasteiger partial charge on any atom is 0.190 e. The molecule has 1 nitrogen and oxygen atoms in total. The molecule has 0 aliphatic rings. The van der Waals surface area contributed by atoms with Crippen molar-refractivity contribution in [1.29, 1.82) is 0 Å². The van der Waals surface area contributed by atoms with Crippen molar-refractivity contribution in [3.63, 3.8) is 0 Å². The summed E-state index contributed by atoms with van der Waals surface area (Å²) < 4.78 is 0. The molecule has 0 bridgehead atoms. The van der Waals surface area contributed by atoms with Gasteiger partial charge in [-0.25, -0.2) is 0 Å². The number of carbonyl (C=O) groups is 1. The summed E-state index contributed by atoms with van der Waals surface area (Å²) in [7, 11) is 0. The van der Waals surface area contributed by atoms with Gasteiger partial charge in [0.05, 0.1) is 5.75 Å². The average Bonchev–Trinajstić information content (AvgIpc) is 1.97. The van der Waals surface area contributed by atoms with E-state index >= 15 is 0 Å². The molecule has 0 atom stereocenters. The summed E-state index contributed by atoms with van der Waals surface area (Å²) in [6.45, 7) is 0. The molecule has 0 saturated heterocycles. The van der Waals surface area contributed by atoms with Crippen molar-refractivity contribution in [3.8, 4) is 24.7 Å². The average molecular weight is 152 g/mol. The third-order valence-corrected chi connectivity index (χ3v) is 1.63. The Bertz CT molecular complexity index is 162. The van der Waals surface area contributed by atoms with Crippen LogP contribution < -0.4 is 0 Å². The van der Waals surface area contributed by atoms with E-state index in [9.17, 15) is 4.79 Å². The largest absolute Gasteiger partial charge is 0.287 e. The van der Waals surface area contributed by atoms with Crippen molar-refractivity contribution in [1.82, 2.24) is 0 Å². The fourth-order valence-corrected chi connectivity index (χ4v) is 0.859. The van der Waals surface area contributed by atoms with Gasteiger partial charge in [-0.1, -0.05) is 17.7 Å². The van der Waals surface area contributed by atoms with Crippen LogP contribution in [0, 0.1) is 24.7 Å². The molecule has 0 fully saturated rings. The van der Waals surface area contributed by atoms with Gasteiger partial charge in [0.1, 0.15) is 0 Å².